The molecule has 2 aromatic rings. The number of hydrogen-bond donors (Lipinski definition) is 3. The summed E-state index contributed by atoms with van der Waals surface area (Å²) < 4.78 is 0. The van der Waals surface area contributed by atoms with Crippen molar-refractivity contribution in [2.24, 2.45) is 5.73 Å². The van der Waals surface area contributed by atoms with E-state index in [0.29, 0.717) is 26.8 Å². The minimum Gasteiger partial charge on any atom is -0.364 e. The van der Waals surface area contributed by atoms with Crippen LogP contribution in [-0.4, -0.2) is 22.8 Å². The smallest absolute Gasteiger partial charge is 0.270 e. The van der Waals surface area contributed by atoms with Gasteiger partial charge < -0.3 is 16.4 Å². The number of nitrogens with one attached hydrogen (secondary N) is 2. The van der Waals surface area contributed by atoms with Gasteiger partial charge in [-0.1, -0.05) is 29.0 Å². The fourth-order valence-electron chi connectivity index (χ4n) is 1.84. The molecule has 0 unspecified atom stereocenters. The lowest BCUT2D eigenvalue weighted by Gasteiger charge is -2.03. The van der Waals surface area contributed by atoms with Crippen molar-refractivity contribution in [1.29, 1.82) is 0 Å². The maximum absolute atomic E-state index is 12.2. The fraction of sp³-hybridized carbons (Fsp3) is 0.214. The molecule has 1 aromatic heterocycles. The molecule has 0 bridgehead atoms. The van der Waals surface area contributed by atoms with Crippen LogP contribution in [0, 0.1) is 0 Å². The molecule has 1 heterocycles. The Balaban J connectivity index is 1.82. The highest BCUT2D eigenvalue weighted by atomic mass is 35.5. The van der Waals surface area contributed by atoms with Crippen molar-refractivity contribution in [1.82, 2.24) is 4.98 Å². The summed E-state index contributed by atoms with van der Waals surface area (Å²) in [7, 11) is 0. The second kappa shape index (κ2) is 5.94. The molecule has 0 aliphatic heterocycles. The lowest BCUT2D eigenvalue weighted by Crippen LogP contribution is -2.17. The van der Waals surface area contributed by atoms with Gasteiger partial charge in [0.25, 0.3) is 11.8 Å². The van der Waals surface area contributed by atoms with Crippen molar-refractivity contribution in [2.75, 3.05) is 10.6 Å². The summed E-state index contributed by atoms with van der Waals surface area (Å²) in [6.45, 7) is 0. The van der Waals surface area contributed by atoms with Gasteiger partial charge in [-0.2, -0.15) is 0 Å². The highest BCUT2D eigenvalue weighted by molar-refractivity contribution is 7.20. The number of benzene rings is 1. The van der Waals surface area contributed by atoms with Gasteiger partial charge in [0.2, 0.25) is 0 Å². The topological polar surface area (TPSA) is 97.1 Å². The van der Waals surface area contributed by atoms with Crippen molar-refractivity contribution in [3.8, 4) is 0 Å². The molecule has 0 saturated heterocycles. The van der Waals surface area contributed by atoms with E-state index in [4.69, 9.17) is 17.3 Å². The summed E-state index contributed by atoms with van der Waals surface area (Å²) in [6, 6.07) is 6.93. The molecule has 114 valence electrons. The molecule has 1 aliphatic carbocycles. The third-order valence-electron chi connectivity index (χ3n) is 3.08. The Bertz CT molecular complexity index is 742. The zero-order valence-electron chi connectivity index (χ0n) is 11.4. The molecule has 0 atom stereocenters. The second-order valence-corrected chi connectivity index (χ2v) is 6.38. The van der Waals surface area contributed by atoms with Gasteiger partial charge in [0.1, 0.15) is 5.00 Å². The molecule has 1 aliphatic rings. The van der Waals surface area contributed by atoms with Gasteiger partial charge in [-0.25, -0.2) is 4.98 Å². The Labute approximate surface area is 135 Å². The Hall–Kier alpha value is -2.12. The van der Waals surface area contributed by atoms with E-state index in [-0.39, 0.29) is 11.6 Å². The fourth-order valence-corrected chi connectivity index (χ4v) is 2.97. The van der Waals surface area contributed by atoms with Gasteiger partial charge in [-0.15, -0.1) is 0 Å². The summed E-state index contributed by atoms with van der Waals surface area (Å²) in [4.78, 5) is 27.8. The molecular weight excluding hydrogens is 324 g/mol. The maximum Gasteiger partial charge on any atom is 0.270 e. The lowest BCUT2D eigenvalue weighted by molar-refractivity contribution is 0.0997. The first-order valence-corrected chi connectivity index (χ1v) is 7.86. The molecule has 3 rings (SSSR count). The molecule has 0 radical (unpaired) electrons. The van der Waals surface area contributed by atoms with Crippen LogP contribution >= 0.6 is 22.9 Å². The number of anilines is 2. The molecule has 1 aromatic carbocycles. The predicted octanol–water partition coefficient (Wildman–Crippen LogP) is 2.72. The molecular formula is C14H13ClN4O2S. The molecule has 1 fully saturated rings. The second-order valence-electron chi connectivity index (χ2n) is 4.94. The average Bonchev–Trinajstić information content (AvgIpc) is 3.18. The number of nitrogens with two attached hydrogens (primary N) is 1. The number of aromatic nitrogens is 1. The van der Waals surface area contributed by atoms with Crippen LogP contribution in [-0.2, 0) is 0 Å². The van der Waals surface area contributed by atoms with Gasteiger partial charge in [0.15, 0.2) is 10.8 Å². The Morgan fingerprint density at radius 1 is 1.36 bits per heavy atom. The molecule has 0 spiro atoms. The van der Waals surface area contributed by atoms with E-state index in [2.05, 4.69) is 15.6 Å². The van der Waals surface area contributed by atoms with Crippen LogP contribution < -0.4 is 16.4 Å². The number of rotatable bonds is 5. The summed E-state index contributed by atoms with van der Waals surface area (Å²) in [5, 5.41) is 7.22. The Kier molecular flexibility index (Phi) is 4.00. The van der Waals surface area contributed by atoms with Crippen molar-refractivity contribution in [3.05, 3.63) is 40.5 Å². The quantitative estimate of drug-likeness (QED) is 0.782. The first-order valence-electron chi connectivity index (χ1n) is 6.67. The van der Waals surface area contributed by atoms with E-state index >= 15 is 0 Å². The number of carbonyl (C=O) groups is 2. The zero-order valence-corrected chi connectivity index (χ0v) is 13.0. The number of primary amides is 1. The van der Waals surface area contributed by atoms with E-state index in [1.807, 2.05) is 0 Å². The Morgan fingerprint density at radius 2 is 2.14 bits per heavy atom. The van der Waals surface area contributed by atoms with Gasteiger partial charge >= 0.3 is 0 Å². The predicted molar refractivity (Wildman–Crippen MR) is 86.7 cm³/mol. The number of carbonyl (C=O) groups excluding carboxylic acids is 2. The van der Waals surface area contributed by atoms with Crippen LogP contribution in [0.3, 0.4) is 0 Å². The highest BCUT2D eigenvalue weighted by Gasteiger charge is 2.25. The molecule has 4 N–H and O–H groups in total. The average molecular weight is 337 g/mol. The van der Waals surface area contributed by atoms with Crippen LogP contribution in [0.25, 0.3) is 0 Å². The van der Waals surface area contributed by atoms with E-state index in [1.54, 1.807) is 24.3 Å². The van der Waals surface area contributed by atoms with Gasteiger partial charge in [0, 0.05) is 16.6 Å². The standard InChI is InChI=1S/C14H13ClN4O2S/c15-8-3-1-2-7(6-8)12(21)19-13-10(11(16)20)18-14(22-13)17-9-4-5-9/h1-3,6,9H,4-5H2,(H2,16,20)(H,17,18)(H,19,21). The minimum absolute atomic E-state index is 0.0588. The van der Waals surface area contributed by atoms with E-state index in [9.17, 15) is 9.59 Å². The number of nitrogens with zero attached hydrogens (tertiary/aromatic N) is 1. The molecule has 22 heavy (non-hydrogen) atoms. The lowest BCUT2D eigenvalue weighted by atomic mass is 10.2. The van der Waals surface area contributed by atoms with E-state index < -0.39 is 5.91 Å². The van der Waals surface area contributed by atoms with Crippen LogP contribution in [0.15, 0.2) is 24.3 Å². The molecule has 6 nitrogen and oxygen atoms in total. The molecule has 8 heteroatoms. The number of thiazole rings is 1. The number of hydrogen-bond acceptors (Lipinski definition) is 5. The monoisotopic (exact) mass is 336 g/mol. The summed E-state index contributed by atoms with van der Waals surface area (Å²) in [6.07, 6.45) is 2.16. The van der Waals surface area contributed by atoms with Crippen LogP contribution in [0.1, 0.15) is 33.7 Å². The van der Waals surface area contributed by atoms with E-state index in [0.717, 1.165) is 12.8 Å². The summed E-state index contributed by atoms with van der Waals surface area (Å²) in [5.41, 5.74) is 5.77. The zero-order chi connectivity index (χ0) is 15.7. The van der Waals surface area contributed by atoms with Gasteiger partial charge in [-0.05, 0) is 31.0 Å². The van der Waals surface area contributed by atoms with Crippen LogP contribution in [0.2, 0.25) is 5.02 Å². The number of halogens is 1. The van der Waals surface area contributed by atoms with Crippen molar-refractivity contribution in [3.63, 3.8) is 0 Å². The molecule has 1 saturated carbocycles. The summed E-state index contributed by atoms with van der Waals surface area (Å²) >= 11 is 7.06. The molecule has 2 amide bonds. The highest BCUT2D eigenvalue weighted by Crippen LogP contribution is 2.32. The minimum atomic E-state index is -0.679. The first-order chi connectivity index (χ1) is 10.5. The summed E-state index contributed by atoms with van der Waals surface area (Å²) in [5.74, 6) is -1.05. The largest absolute Gasteiger partial charge is 0.364 e. The number of amides is 2. The normalized spacial score (nSPS) is 13.7. The third-order valence-corrected chi connectivity index (χ3v) is 4.22. The van der Waals surface area contributed by atoms with Crippen LogP contribution in [0.5, 0.6) is 0 Å². The van der Waals surface area contributed by atoms with Crippen LogP contribution in [0.4, 0.5) is 10.1 Å². The van der Waals surface area contributed by atoms with Crippen molar-refractivity contribution < 1.29 is 9.59 Å². The van der Waals surface area contributed by atoms with Crippen molar-refractivity contribution >= 4 is 44.9 Å². The first kappa shape index (κ1) is 14.8. The Morgan fingerprint density at radius 3 is 2.77 bits per heavy atom. The maximum atomic E-state index is 12.2. The third kappa shape index (κ3) is 3.37. The van der Waals surface area contributed by atoms with Gasteiger partial charge in [0.05, 0.1) is 0 Å². The van der Waals surface area contributed by atoms with Gasteiger partial charge in [-0.3, -0.25) is 9.59 Å². The SMILES string of the molecule is NC(=O)c1nc(NC2CC2)sc1NC(=O)c1cccc(Cl)c1. The van der Waals surface area contributed by atoms with Crippen molar-refractivity contribution in [2.45, 2.75) is 18.9 Å². The van der Waals surface area contributed by atoms with E-state index in [1.165, 1.54) is 11.3 Å².